The van der Waals surface area contributed by atoms with Gasteiger partial charge in [0.2, 0.25) is 0 Å². The Morgan fingerprint density at radius 2 is 2.12 bits per heavy atom. The van der Waals surface area contributed by atoms with Gasteiger partial charge in [-0.1, -0.05) is 31.0 Å². The molecule has 0 heterocycles. The highest BCUT2D eigenvalue weighted by Crippen LogP contribution is 2.22. The van der Waals surface area contributed by atoms with Crippen LogP contribution in [0.25, 0.3) is 0 Å². The van der Waals surface area contributed by atoms with Crippen LogP contribution < -0.4 is 5.73 Å². The molecule has 0 aliphatic rings. The van der Waals surface area contributed by atoms with E-state index in [1.54, 1.807) is 6.07 Å². The summed E-state index contributed by atoms with van der Waals surface area (Å²) in [4.78, 5) is 0. The third kappa shape index (κ3) is 3.91. The number of rotatable bonds is 4. The quantitative estimate of drug-likeness (QED) is 0.881. The predicted molar refractivity (Wildman–Crippen MR) is 66.5 cm³/mol. The van der Waals surface area contributed by atoms with Crippen LogP contribution in [0.1, 0.15) is 31.4 Å². The van der Waals surface area contributed by atoms with E-state index in [1.165, 1.54) is 12.1 Å². The lowest BCUT2D eigenvalue weighted by Gasteiger charge is -2.18. The summed E-state index contributed by atoms with van der Waals surface area (Å²) in [6.07, 6.45) is 0.798. The van der Waals surface area contributed by atoms with Crippen molar-refractivity contribution in [2.45, 2.75) is 31.9 Å². The molecule has 1 aromatic rings. The predicted octanol–water partition coefficient (Wildman–Crippen LogP) is 3.06. The van der Waals surface area contributed by atoms with E-state index in [0.29, 0.717) is 12.0 Å². The molecule has 2 atom stereocenters. The molecule has 92 valence electrons. The fraction of sp³-hybridized carbons (Fsp3) is 0.455. The molecule has 0 saturated carbocycles. The number of hydrogen-bond donors (Lipinski definition) is 2. The summed E-state index contributed by atoms with van der Waals surface area (Å²) in [6, 6.07) is 3.79. The largest absolute Gasteiger partial charge is 0.391 e. The summed E-state index contributed by atoms with van der Waals surface area (Å²) in [6.45, 7) is 1.96. The molecular weight excluding hydrogens is 252 g/mol. The highest BCUT2D eigenvalue weighted by Gasteiger charge is 2.16. The van der Waals surface area contributed by atoms with Crippen molar-refractivity contribution in [1.29, 1.82) is 0 Å². The molecule has 2 nitrogen and oxygen atoms in total. The highest BCUT2D eigenvalue weighted by molar-refractivity contribution is 6.30. The first-order valence-electron chi connectivity index (χ1n) is 4.94. The van der Waals surface area contributed by atoms with Crippen molar-refractivity contribution in [2.75, 3.05) is 0 Å². The fourth-order valence-corrected chi connectivity index (χ4v) is 1.53. The Morgan fingerprint density at radius 1 is 1.50 bits per heavy atom. The first-order valence-corrected chi connectivity index (χ1v) is 5.32. The molecule has 0 fully saturated rings. The SMILES string of the molecule is CCC[C@H](O)[C@H](N)c1ccc(Cl)c(F)c1.Cl. The van der Waals surface area contributed by atoms with Crippen molar-refractivity contribution in [3.05, 3.63) is 34.6 Å². The number of aliphatic hydroxyl groups is 1. The molecule has 0 aliphatic carbocycles. The van der Waals surface area contributed by atoms with Crippen LogP contribution in [0, 0.1) is 5.82 Å². The third-order valence-corrected chi connectivity index (χ3v) is 2.63. The van der Waals surface area contributed by atoms with Crippen LogP contribution in [0.15, 0.2) is 18.2 Å². The van der Waals surface area contributed by atoms with E-state index in [0.717, 1.165) is 6.42 Å². The lowest BCUT2D eigenvalue weighted by Crippen LogP contribution is -2.26. The van der Waals surface area contributed by atoms with Gasteiger partial charge >= 0.3 is 0 Å². The van der Waals surface area contributed by atoms with Crippen molar-refractivity contribution in [2.24, 2.45) is 5.73 Å². The lowest BCUT2D eigenvalue weighted by atomic mass is 9.99. The van der Waals surface area contributed by atoms with E-state index in [4.69, 9.17) is 17.3 Å². The number of nitrogens with two attached hydrogens (primary N) is 1. The second kappa shape index (κ2) is 7.07. The van der Waals surface area contributed by atoms with E-state index in [1.807, 2.05) is 6.92 Å². The summed E-state index contributed by atoms with van der Waals surface area (Å²) < 4.78 is 13.1. The summed E-state index contributed by atoms with van der Waals surface area (Å²) in [5.74, 6) is -0.506. The Labute approximate surface area is 106 Å². The molecule has 0 aliphatic heterocycles. The molecule has 0 saturated heterocycles. The molecule has 1 aromatic carbocycles. The smallest absolute Gasteiger partial charge is 0.142 e. The van der Waals surface area contributed by atoms with Gasteiger partial charge in [0, 0.05) is 0 Å². The minimum atomic E-state index is -0.643. The van der Waals surface area contributed by atoms with Crippen LogP contribution in [-0.2, 0) is 0 Å². The zero-order valence-corrected chi connectivity index (χ0v) is 10.6. The van der Waals surface area contributed by atoms with Crippen LogP contribution in [0.4, 0.5) is 4.39 Å². The average molecular weight is 268 g/mol. The molecular formula is C11H16Cl2FNO. The number of hydrogen-bond acceptors (Lipinski definition) is 2. The Balaban J connectivity index is 0.00000225. The van der Waals surface area contributed by atoms with Gasteiger partial charge in [0.25, 0.3) is 0 Å². The highest BCUT2D eigenvalue weighted by atomic mass is 35.5. The molecule has 0 unspecified atom stereocenters. The third-order valence-electron chi connectivity index (χ3n) is 2.33. The zero-order valence-electron chi connectivity index (χ0n) is 8.99. The van der Waals surface area contributed by atoms with Crippen LogP contribution in [-0.4, -0.2) is 11.2 Å². The van der Waals surface area contributed by atoms with Crippen LogP contribution >= 0.6 is 24.0 Å². The second-order valence-electron chi connectivity index (χ2n) is 3.56. The van der Waals surface area contributed by atoms with E-state index in [-0.39, 0.29) is 17.4 Å². The lowest BCUT2D eigenvalue weighted by molar-refractivity contribution is 0.134. The van der Waals surface area contributed by atoms with Gasteiger partial charge in [-0.05, 0) is 24.1 Å². The van der Waals surface area contributed by atoms with Gasteiger partial charge in [-0.3, -0.25) is 0 Å². The van der Waals surface area contributed by atoms with Crippen LogP contribution in [0.3, 0.4) is 0 Å². The Morgan fingerprint density at radius 3 is 2.62 bits per heavy atom. The van der Waals surface area contributed by atoms with Crippen molar-refractivity contribution < 1.29 is 9.50 Å². The minimum Gasteiger partial charge on any atom is -0.391 e. The maximum atomic E-state index is 13.1. The Hall–Kier alpha value is -0.350. The first kappa shape index (κ1) is 15.7. The Bertz CT molecular complexity index is 336. The Kier molecular flexibility index (Phi) is 6.91. The molecule has 3 N–H and O–H groups in total. The summed E-state index contributed by atoms with van der Waals surface area (Å²) in [7, 11) is 0. The molecule has 1 rings (SSSR count). The van der Waals surface area contributed by atoms with Crippen molar-refractivity contribution in [3.63, 3.8) is 0 Å². The van der Waals surface area contributed by atoms with E-state index >= 15 is 0 Å². The number of benzene rings is 1. The van der Waals surface area contributed by atoms with Gasteiger partial charge in [-0.25, -0.2) is 4.39 Å². The number of aliphatic hydroxyl groups excluding tert-OH is 1. The molecule has 0 bridgehead atoms. The fourth-order valence-electron chi connectivity index (χ4n) is 1.42. The van der Waals surface area contributed by atoms with Gasteiger partial charge in [0.15, 0.2) is 0 Å². The average Bonchev–Trinajstić information content (AvgIpc) is 2.21. The zero-order chi connectivity index (χ0) is 11.4. The van der Waals surface area contributed by atoms with E-state index in [2.05, 4.69) is 0 Å². The van der Waals surface area contributed by atoms with Crippen LogP contribution in [0.2, 0.25) is 5.02 Å². The molecule has 0 radical (unpaired) electrons. The van der Waals surface area contributed by atoms with Gasteiger partial charge < -0.3 is 10.8 Å². The van der Waals surface area contributed by atoms with Crippen molar-refractivity contribution in [1.82, 2.24) is 0 Å². The molecule has 5 heteroatoms. The van der Waals surface area contributed by atoms with E-state index < -0.39 is 18.0 Å². The van der Waals surface area contributed by atoms with Crippen molar-refractivity contribution in [3.8, 4) is 0 Å². The molecule has 0 aromatic heterocycles. The standard InChI is InChI=1S/C11H15ClFNO.ClH/c1-2-3-10(15)11(14)7-4-5-8(12)9(13)6-7;/h4-6,10-11,15H,2-3,14H2,1H3;1H/t10-,11+;/m0./s1. The maximum absolute atomic E-state index is 13.1. The van der Waals surface area contributed by atoms with Gasteiger partial charge in [0.05, 0.1) is 17.2 Å². The second-order valence-corrected chi connectivity index (χ2v) is 3.96. The van der Waals surface area contributed by atoms with Crippen LogP contribution in [0.5, 0.6) is 0 Å². The summed E-state index contributed by atoms with van der Waals surface area (Å²) >= 11 is 5.55. The van der Waals surface area contributed by atoms with E-state index in [9.17, 15) is 9.50 Å². The van der Waals surface area contributed by atoms with Gasteiger partial charge in [0.1, 0.15) is 5.82 Å². The molecule has 0 amide bonds. The normalized spacial score (nSPS) is 14.1. The first-order chi connectivity index (χ1) is 7.06. The monoisotopic (exact) mass is 267 g/mol. The van der Waals surface area contributed by atoms with Gasteiger partial charge in [-0.15, -0.1) is 12.4 Å². The van der Waals surface area contributed by atoms with Gasteiger partial charge in [-0.2, -0.15) is 0 Å². The number of halogens is 3. The maximum Gasteiger partial charge on any atom is 0.142 e. The molecule has 0 spiro atoms. The minimum absolute atomic E-state index is 0. The van der Waals surface area contributed by atoms with Crippen molar-refractivity contribution >= 4 is 24.0 Å². The topological polar surface area (TPSA) is 46.2 Å². The summed E-state index contributed by atoms with van der Waals surface area (Å²) in [5.41, 5.74) is 6.35. The summed E-state index contributed by atoms with van der Waals surface area (Å²) in [5, 5.41) is 9.72. The molecule has 16 heavy (non-hydrogen) atoms.